The maximum atomic E-state index is 12.5. The van der Waals surface area contributed by atoms with Gasteiger partial charge >= 0.3 is 0 Å². The number of carbonyl (C=O) groups excluding carboxylic acids is 1. The summed E-state index contributed by atoms with van der Waals surface area (Å²) in [5.41, 5.74) is 4.98. The average molecular weight is 406 g/mol. The number of nitrogens with zero attached hydrogens (tertiary/aromatic N) is 2. The van der Waals surface area contributed by atoms with Crippen LogP contribution in [0.3, 0.4) is 0 Å². The van der Waals surface area contributed by atoms with E-state index >= 15 is 0 Å². The van der Waals surface area contributed by atoms with Crippen LogP contribution < -0.4 is 5.43 Å². The van der Waals surface area contributed by atoms with Crippen LogP contribution in [-0.2, 0) is 11.3 Å². The number of amides is 1. The highest BCUT2D eigenvalue weighted by atomic mass is 35.5. The number of benzene rings is 3. The fraction of sp³-hybridized carbons (Fsp3) is 0.250. The molecule has 3 aromatic rings. The van der Waals surface area contributed by atoms with E-state index in [-0.39, 0.29) is 11.8 Å². The summed E-state index contributed by atoms with van der Waals surface area (Å²) in [5, 5.41) is 7.26. The monoisotopic (exact) mass is 405 g/mol. The van der Waals surface area contributed by atoms with Crippen LogP contribution in [0.1, 0.15) is 24.0 Å². The first-order valence-electron chi connectivity index (χ1n) is 9.96. The molecule has 0 radical (unpaired) electrons. The summed E-state index contributed by atoms with van der Waals surface area (Å²) in [6, 6.07) is 22.2. The highest BCUT2D eigenvalue weighted by molar-refractivity contribution is 6.30. The molecule has 4 rings (SSSR count). The van der Waals surface area contributed by atoms with Crippen molar-refractivity contribution in [1.29, 1.82) is 0 Å². The van der Waals surface area contributed by atoms with Crippen LogP contribution >= 0.6 is 11.6 Å². The number of hydrogen-bond donors (Lipinski definition) is 1. The Balaban J connectivity index is 1.28. The number of fused-ring (bicyclic) bond motifs is 1. The molecule has 1 saturated heterocycles. The van der Waals surface area contributed by atoms with Gasteiger partial charge in [0.15, 0.2) is 0 Å². The van der Waals surface area contributed by atoms with Crippen molar-refractivity contribution in [2.45, 2.75) is 19.4 Å². The fourth-order valence-electron chi connectivity index (χ4n) is 3.82. The molecule has 1 N–H and O–H groups in total. The van der Waals surface area contributed by atoms with Crippen molar-refractivity contribution in [3.8, 4) is 0 Å². The predicted molar refractivity (Wildman–Crippen MR) is 119 cm³/mol. The third-order valence-electron chi connectivity index (χ3n) is 5.48. The lowest BCUT2D eigenvalue weighted by molar-refractivity contribution is -0.126. The molecule has 148 valence electrons. The molecule has 0 bridgehead atoms. The smallest absolute Gasteiger partial charge is 0.243 e. The van der Waals surface area contributed by atoms with Crippen LogP contribution in [0.15, 0.2) is 71.8 Å². The zero-order valence-electron chi connectivity index (χ0n) is 16.2. The lowest BCUT2D eigenvalue weighted by atomic mass is 9.96. The largest absolute Gasteiger partial charge is 0.299 e. The molecule has 0 saturated carbocycles. The molecular weight excluding hydrogens is 382 g/mol. The zero-order chi connectivity index (χ0) is 20.1. The van der Waals surface area contributed by atoms with Crippen LogP contribution in [0.2, 0.25) is 5.02 Å². The van der Waals surface area contributed by atoms with Crippen LogP contribution in [0, 0.1) is 5.92 Å². The minimum absolute atomic E-state index is 0.00706. The van der Waals surface area contributed by atoms with E-state index in [1.165, 1.54) is 5.56 Å². The van der Waals surface area contributed by atoms with Gasteiger partial charge in [0.25, 0.3) is 0 Å². The number of hydrogen-bond acceptors (Lipinski definition) is 3. The molecule has 0 aromatic heterocycles. The Morgan fingerprint density at radius 1 is 1.03 bits per heavy atom. The van der Waals surface area contributed by atoms with E-state index in [0.29, 0.717) is 0 Å². The molecule has 0 spiro atoms. The maximum Gasteiger partial charge on any atom is 0.243 e. The van der Waals surface area contributed by atoms with Crippen molar-refractivity contribution < 1.29 is 4.79 Å². The number of carbonyl (C=O) groups is 1. The number of nitrogens with one attached hydrogen (secondary N) is 1. The van der Waals surface area contributed by atoms with Gasteiger partial charge in [-0.2, -0.15) is 5.10 Å². The Labute approximate surface area is 176 Å². The van der Waals surface area contributed by atoms with Gasteiger partial charge in [0.05, 0.1) is 6.21 Å². The molecule has 0 aliphatic carbocycles. The number of piperidine rings is 1. The van der Waals surface area contributed by atoms with Crippen molar-refractivity contribution in [3.63, 3.8) is 0 Å². The molecule has 4 nitrogen and oxygen atoms in total. The van der Waals surface area contributed by atoms with Crippen molar-refractivity contribution in [2.75, 3.05) is 13.1 Å². The second-order valence-electron chi connectivity index (χ2n) is 7.48. The SMILES string of the molecule is O=C(N/N=C\c1cccc2ccccc12)C1CCN(Cc2ccc(Cl)cc2)CC1. The molecular formula is C24H24ClN3O. The fourth-order valence-corrected chi connectivity index (χ4v) is 3.95. The van der Waals surface area contributed by atoms with E-state index in [4.69, 9.17) is 11.6 Å². The summed E-state index contributed by atoms with van der Waals surface area (Å²) in [4.78, 5) is 14.9. The summed E-state index contributed by atoms with van der Waals surface area (Å²) in [6.07, 6.45) is 3.43. The van der Waals surface area contributed by atoms with Crippen molar-refractivity contribution in [1.82, 2.24) is 10.3 Å². The van der Waals surface area contributed by atoms with Gasteiger partial charge in [-0.1, -0.05) is 66.2 Å². The molecule has 1 heterocycles. The van der Waals surface area contributed by atoms with E-state index < -0.39 is 0 Å². The highest BCUT2D eigenvalue weighted by Gasteiger charge is 2.24. The van der Waals surface area contributed by atoms with E-state index in [2.05, 4.69) is 45.8 Å². The summed E-state index contributed by atoms with van der Waals surface area (Å²) in [6.45, 7) is 2.71. The average Bonchev–Trinajstić information content (AvgIpc) is 2.76. The summed E-state index contributed by atoms with van der Waals surface area (Å²) in [7, 11) is 0. The first kappa shape index (κ1) is 19.6. The lowest BCUT2D eigenvalue weighted by Gasteiger charge is -2.30. The molecule has 1 aliphatic rings. The molecule has 1 amide bonds. The van der Waals surface area contributed by atoms with Gasteiger partial charge in [-0.15, -0.1) is 0 Å². The number of halogens is 1. The van der Waals surface area contributed by atoms with Crippen molar-refractivity contribution in [3.05, 3.63) is 82.9 Å². The Morgan fingerprint density at radius 2 is 1.76 bits per heavy atom. The summed E-state index contributed by atoms with van der Waals surface area (Å²) >= 11 is 5.95. The first-order chi connectivity index (χ1) is 14.2. The molecule has 1 fully saturated rings. The van der Waals surface area contributed by atoms with Crippen LogP contribution in [0.4, 0.5) is 0 Å². The minimum Gasteiger partial charge on any atom is -0.299 e. The lowest BCUT2D eigenvalue weighted by Crippen LogP contribution is -2.39. The van der Waals surface area contributed by atoms with Gasteiger partial charge in [-0.05, 0) is 54.4 Å². The summed E-state index contributed by atoms with van der Waals surface area (Å²) in [5.74, 6) is 0.0220. The quantitative estimate of drug-likeness (QED) is 0.487. The van der Waals surface area contributed by atoms with E-state index in [1.807, 2.05) is 36.4 Å². The van der Waals surface area contributed by atoms with Crippen molar-refractivity contribution in [2.24, 2.45) is 11.0 Å². The van der Waals surface area contributed by atoms with Gasteiger partial charge < -0.3 is 0 Å². The molecule has 0 atom stereocenters. The Bertz CT molecular complexity index is 1000. The number of hydrazone groups is 1. The Kier molecular flexibility index (Phi) is 6.23. The summed E-state index contributed by atoms with van der Waals surface area (Å²) < 4.78 is 0. The molecule has 1 aliphatic heterocycles. The number of likely N-dealkylation sites (tertiary alicyclic amines) is 1. The molecule has 5 heteroatoms. The van der Waals surface area contributed by atoms with E-state index in [1.54, 1.807) is 6.21 Å². The van der Waals surface area contributed by atoms with Gasteiger partial charge in [-0.3, -0.25) is 9.69 Å². The third-order valence-corrected chi connectivity index (χ3v) is 5.73. The van der Waals surface area contributed by atoms with Crippen LogP contribution in [0.25, 0.3) is 10.8 Å². The van der Waals surface area contributed by atoms with Gasteiger partial charge in [-0.25, -0.2) is 5.43 Å². The second kappa shape index (κ2) is 9.21. The molecule has 0 unspecified atom stereocenters. The maximum absolute atomic E-state index is 12.5. The van der Waals surface area contributed by atoms with E-state index in [9.17, 15) is 4.79 Å². The molecule has 3 aromatic carbocycles. The topological polar surface area (TPSA) is 44.7 Å². The highest BCUT2D eigenvalue weighted by Crippen LogP contribution is 2.20. The third kappa shape index (κ3) is 5.03. The van der Waals surface area contributed by atoms with Gasteiger partial charge in [0.1, 0.15) is 0 Å². The normalized spacial score (nSPS) is 15.8. The second-order valence-corrected chi connectivity index (χ2v) is 7.92. The Morgan fingerprint density at radius 3 is 2.55 bits per heavy atom. The number of rotatable bonds is 5. The predicted octanol–water partition coefficient (Wildman–Crippen LogP) is 4.86. The van der Waals surface area contributed by atoms with Gasteiger partial charge in [0.2, 0.25) is 5.91 Å². The minimum atomic E-state index is 0.00706. The first-order valence-corrected chi connectivity index (χ1v) is 10.3. The van der Waals surface area contributed by atoms with Crippen LogP contribution in [-0.4, -0.2) is 30.1 Å². The standard InChI is InChI=1S/C24H24ClN3O/c25-22-10-8-18(9-11-22)17-28-14-12-20(13-15-28)24(29)27-26-16-21-6-3-5-19-4-1-2-7-23(19)21/h1-11,16,20H,12-15,17H2,(H,27,29)/b26-16-. The van der Waals surface area contributed by atoms with Crippen molar-refractivity contribution >= 4 is 34.5 Å². The molecule has 29 heavy (non-hydrogen) atoms. The van der Waals surface area contributed by atoms with Crippen LogP contribution in [0.5, 0.6) is 0 Å². The zero-order valence-corrected chi connectivity index (χ0v) is 17.0. The Hall–Kier alpha value is -2.69. The van der Waals surface area contributed by atoms with Gasteiger partial charge in [0, 0.05) is 23.0 Å². The van der Waals surface area contributed by atoms with E-state index in [0.717, 1.165) is 53.8 Å².